The van der Waals surface area contributed by atoms with Crippen molar-refractivity contribution >= 4 is 23.1 Å². The van der Waals surface area contributed by atoms with Crippen molar-refractivity contribution in [3.8, 4) is 11.5 Å². The maximum atomic E-state index is 13.4. The number of ketones is 1. The minimum atomic E-state index is -0.784. The molecule has 6 heteroatoms. The summed E-state index contributed by atoms with van der Waals surface area (Å²) in [6, 6.07) is 17.6. The van der Waals surface area contributed by atoms with Crippen LogP contribution in [0.4, 0.5) is 5.69 Å². The molecule has 6 nitrogen and oxygen atoms in total. The molecule has 0 radical (unpaired) electrons. The molecule has 1 amide bonds. The van der Waals surface area contributed by atoms with Crippen molar-refractivity contribution in [3.05, 3.63) is 94.1 Å². The molecule has 0 saturated carbocycles. The number of carbonyl (C=O) groups excluding carboxylic acids is 2. The van der Waals surface area contributed by atoms with Gasteiger partial charge in [0.05, 0.1) is 25.3 Å². The average Bonchev–Trinajstić information content (AvgIpc) is 3.14. The largest absolute Gasteiger partial charge is 0.507 e. The van der Waals surface area contributed by atoms with Crippen LogP contribution in [0.15, 0.2) is 66.2 Å². The van der Waals surface area contributed by atoms with E-state index >= 15 is 0 Å². The fraction of sp³-hybridized carbons (Fsp3) is 0.241. The first-order valence-corrected chi connectivity index (χ1v) is 11.7. The third-order valence-electron chi connectivity index (χ3n) is 6.68. The van der Waals surface area contributed by atoms with Crippen molar-refractivity contribution in [2.24, 2.45) is 0 Å². The van der Waals surface area contributed by atoms with Gasteiger partial charge in [-0.25, -0.2) is 0 Å². The Bertz CT molecular complexity index is 1360. The SMILES string of the molecule is COc1ccc(C2/C(=C(/O)c3ccc4c(c3)CCCO4)C(=O)C(=O)N2c2cc(C)ccc2C)cc1. The Morgan fingerprint density at radius 1 is 1.03 bits per heavy atom. The predicted octanol–water partition coefficient (Wildman–Crippen LogP) is 5.26. The highest BCUT2D eigenvalue weighted by Crippen LogP contribution is 2.44. The molecule has 3 aromatic rings. The Balaban J connectivity index is 1.71. The summed E-state index contributed by atoms with van der Waals surface area (Å²) < 4.78 is 11.0. The third kappa shape index (κ3) is 3.95. The number of aryl methyl sites for hydroxylation is 3. The van der Waals surface area contributed by atoms with Gasteiger partial charge < -0.3 is 14.6 Å². The number of methoxy groups -OCH3 is 1. The van der Waals surface area contributed by atoms with E-state index in [2.05, 4.69) is 0 Å². The van der Waals surface area contributed by atoms with E-state index in [-0.39, 0.29) is 11.3 Å². The van der Waals surface area contributed by atoms with E-state index in [1.165, 1.54) is 4.90 Å². The maximum Gasteiger partial charge on any atom is 0.300 e. The van der Waals surface area contributed by atoms with E-state index in [1.54, 1.807) is 25.3 Å². The number of carbonyl (C=O) groups is 2. The Kier molecular flexibility index (Phi) is 5.81. The molecule has 1 unspecified atom stereocenters. The lowest BCUT2D eigenvalue weighted by Gasteiger charge is -2.27. The van der Waals surface area contributed by atoms with Gasteiger partial charge in [-0.05, 0) is 85.3 Å². The van der Waals surface area contributed by atoms with Crippen molar-refractivity contribution < 1.29 is 24.2 Å². The van der Waals surface area contributed by atoms with Crippen molar-refractivity contribution in [2.75, 3.05) is 18.6 Å². The zero-order valence-electron chi connectivity index (χ0n) is 20.0. The lowest BCUT2D eigenvalue weighted by Crippen LogP contribution is -2.30. The van der Waals surface area contributed by atoms with Gasteiger partial charge in [-0.1, -0.05) is 24.3 Å². The van der Waals surface area contributed by atoms with E-state index in [0.717, 1.165) is 35.3 Å². The van der Waals surface area contributed by atoms with Gasteiger partial charge >= 0.3 is 0 Å². The molecule has 178 valence electrons. The number of fused-ring (bicyclic) bond motifs is 1. The minimum Gasteiger partial charge on any atom is -0.507 e. The van der Waals surface area contributed by atoms with Crippen LogP contribution in [-0.2, 0) is 16.0 Å². The molecule has 1 saturated heterocycles. The Hall–Kier alpha value is -4.06. The number of nitrogens with zero attached hydrogens (tertiary/aromatic N) is 1. The molecule has 3 aromatic carbocycles. The molecule has 0 bridgehead atoms. The third-order valence-corrected chi connectivity index (χ3v) is 6.68. The van der Waals surface area contributed by atoms with Crippen LogP contribution < -0.4 is 14.4 Å². The molecule has 2 aliphatic rings. The predicted molar refractivity (Wildman–Crippen MR) is 134 cm³/mol. The molecular weight excluding hydrogens is 442 g/mol. The lowest BCUT2D eigenvalue weighted by molar-refractivity contribution is -0.132. The van der Waals surface area contributed by atoms with Crippen LogP contribution in [0.25, 0.3) is 5.76 Å². The van der Waals surface area contributed by atoms with Crippen molar-refractivity contribution in [2.45, 2.75) is 32.7 Å². The van der Waals surface area contributed by atoms with Crippen LogP contribution in [0.5, 0.6) is 11.5 Å². The zero-order chi connectivity index (χ0) is 24.7. The summed E-state index contributed by atoms with van der Waals surface area (Å²) >= 11 is 0. The average molecular weight is 470 g/mol. The highest BCUT2D eigenvalue weighted by molar-refractivity contribution is 6.51. The van der Waals surface area contributed by atoms with Gasteiger partial charge in [0, 0.05) is 11.3 Å². The zero-order valence-corrected chi connectivity index (χ0v) is 20.0. The first-order chi connectivity index (χ1) is 16.9. The summed E-state index contributed by atoms with van der Waals surface area (Å²) in [7, 11) is 1.58. The fourth-order valence-electron chi connectivity index (χ4n) is 4.82. The number of anilines is 1. The van der Waals surface area contributed by atoms with Crippen LogP contribution in [0, 0.1) is 13.8 Å². The summed E-state index contributed by atoms with van der Waals surface area (Å²) in [5, 5.41) is 11.4. The van der Waals surface area contributed by atoms with E-state index in [0.29, 0.717) is 29.2 Å². The van der Waals surface area contributed by atoms with Crippen LogP contribution in [0.2, 0.25) is 0 Å². The highest BCUT2D eigenvalue weighted by Gasteiger charge is 2.47. The number of benzene rings is 3. The standard InChI is InChI=1S/C29H27NO5/c1-17-6-7-18(2)23(15-17)30-26(19-8-11-22(34-3)12-9-19)25(28(32)29(30)33)27(31)21-10-13-24-20(16-21)5-4-14-35-24/h6-13,15-16,26,31H,4-5,14H2,1-3H3/b27-25-. The van der Waals surface area contributed by atoms with Gasteiger partial charge in [0.1, 0.15) is 17.3 Å². The van der Waals surface area contributed by atoms with Gasteiger partial charge in [-0.2, -0.15) is 0 Å². The van der Waals surface area contributed by atoms with Gasteiger partial charge in [0.25, 0.3) is 11.7 Å². The topological polar surface area (TPSA) is 76.1 Å². The molecule has 0 aliphatic carbocycles. The molecule has 0 spiro atoms. The van der Waals surface area contributed by atoms with Gasteiger partial charge in [0.15, 0.2) is 0 Å². The summed E-state index contributed by atoms with van der Waals surface area (Å²) in [6.07, 6.45) is 1.72. The molecular formula is C29H27NO5. The summed E-state index contributed by atoms with van der Waals surface area (Å²) in [4.78, 5) is 28.4. The highest BCUT2D eigenvalue weighted by atomic mass is 16.5. The van der Waals surface area contributed by atoms with E-state index in [4.69, 9.17) is 9.47 Å². The molecule has 1 N–H and O–H groups in total. The van der Waals surface area contributed by atoms with Crippen LogP contribution in [-0.4, -0.2) is 30.5 Å². The minimum absolute atomic E-state index is 0.0674. The maximum absolute atomic E-state index is 13.4. The number of Topliss-reactive ketones (excluding diaryl/α,β-unsaturated/α-hetero) is 1. The molecule has 0 aromatic heterocycles. The Morgan fingerprint density at radius 2 is 1.80 bits per heavy atom. The monoisotopic (exact) mass is 469 g/mol. The smallest absolute Gasteiger partial charge is 0.300 e. The second-order valence-electron chi connectivity index (χ2n) is 9.01. The second kappa shape index (κ2) is 8.95. The van der Waals surface area contributed by atoms with E-state index < -0.39 is 17.7 Å². The Labute approximate surface area is 204 Å². The summed E-state index contributed by atoms with van der Waals surface area (Å²) in [5.74, 6) is -0.117. The van der Waals surface area contributed by atoms with E-state index in [1.807, 2.05) is 56.3 Å². The van der Waals surface area contributed by atoms with Gasteiger partial charge in [0.2, 0.25) is 0 Å². The quantitative estimate of drug-likeness (QED) is 0.320. The molecule has 1 fully saturated rings. The van der Waals surface area contributed by atoms with Crippen LogP contribution >= 0.6 is 0 Å². The number of rotatable bonds is 4. The number of ether oxygens (including phenoxy) is 2. The van der Waals surface area contributed by atoms with Crippen LogP contribution in [0.3, 0.4) is 0 Å². The fourth-order valence-corrected chi connectivity index (χ4v) is 4.82. The lowest BCUT2D eigenvalue weighted by atomic mass is 9.93. The van der Waals surface area contributed by atoms with Crippen LogP contribution in [0.1, 0.15) is 40.3 Å². The number of hydrogen-bond acceptors (Lipinski definition) is 5. The first kappa shape index (κ1) is 22.7. The van der Waals surface area contributed by atoms with Crippen molar-refractivity contribution in [1.29, 1.82) is 0 Å². The molecule has 2 heterocycles. The first-order valence-electron chi connectivity index (χ1n) is 11.7. The van der Waals surface area contributed by atoms with E-state index in [9.17, 15) is 14.7 Å². The second-order valence-corrected chi connectivity index (χ2v) is 9.01. The molecule has 2 aliphatic heterocycles. The normalized spacial score (nSPS) is 18.8. The number of aliphatic hydroxyl groups excluding tert-OH is 1. The molecule has 35 heavy (non-hydrogen) atoms. The summed E-state index contributed by atoms with van der Waals surface area (Å²) in [6.45, 7) is 4.51. The van der Waals surface area contributed by atoms with Crippen molar-refractivity contribution in [1.82, 2.24) is 0 Å². The molecule has 5 rings (SSSR count). The summed E-state index contributed by atoms with van der Waals surface area (Å²) in [5.41, 5.74) is 4.71. The number of aliphatic hydroxyl groups is 1. The number of amides is 1. The van der Waals surface area contributed by atoms with Gasteiger partial charge in [-0.3, -0.25) is 14.5 Å². The molecule has 1 atom stereocenters. The van der Waals surface area contributed by atoms with Crippen molar-refractivity contribution in [3.63, 3.8) is 0 Å². The number of hydrogen-bond donors (Lipinski definition) is 1. The Morgan fingerprint density at radius 3 is 2.54 bits per heavy atom. The van der Waals surface area contributed by atoms with Gasteiger partial charge in [-0.15, -0.1) is 0 Å².